The van der Waals surface area contributed by atoms with E-state index < -0.39 is 46.4 Å². The van der Waals surface area contributed by atoms with Gasteiger partial charge in [0.1, 0.15) is 6.17 Å². The zero-order valence-electron chi connectivity index (χ0n) is 10.8. The van der Waals surface area contributed by atoms with Crippen LogP contribution in [0, 0.1) is 6.92 Å². The van der Waals surface area contributed by atoms with Crippen LogP contribution < -0.4 is 0 Å². The third kappa shape index (κ3) is 4.63. The summed E-state index contributed by atoms with van der Waals surface area (Å²) in [4.78, 5) is -0.671. The first-order valence-corrected chi connectivity index (χ1v) is 7.25. The molecular formula is C12H13F5O3S. The molecular weight excluding hydrogens is 319 g/mol. The van der Waals surface area contributed by atoms with Gasteiger partial charge in [-0.1, -0.05) is 17.7 Å². The molecule has 9 heteroatoms. The largest absolute Gasteiger partial charge is 0.294 e. The molecule has 0 amide bonds. The van der Waals surface area contributed by atoms with Crippen molar-refractivity contribution in [2.75, 3.05) is 0 Å². The van der Waals surface area contributed by atoms with E-state index in [4.69, 9.17) is 4.55 Å². The second kappa shape index (κ2) is 6.69. The van der Waals surface area contributed by atoms with E-state index in [0.717, 1.165) is 12.1 Å². The Labute approximate surface area is 118 Å². The fourth-order valence-corrected chi connectivity index (χ4v) is 2.49. The maximum atomic E-state index is 13.6. The van der Waals surface area contributed by atoms with Crippen LogP contribution in [0.1, 0.15) is 11.1 Å². The van der Waals surface area contributed by atoms with E-state index >= 15 is 0 Å². The second-order valence-corrected chi connectivity index (χ2v) is 5.92. The first kappa shape index (κ1) is 17.8. The average molecular weight is 332 g/mol. The Kier molecular flexibility index (Phi) is 5.68. The van der Waals surface area contributed by atoms with Crippen LogP contribution in [0.3, 0.4) is 0 Å². The zero-order chi connectivity index (χ0) is 16.4. The molecule has 3 nitrogen and oxygen atoms in total. The van der Waals surface area contributed by atoms with E-state index in [2.05, 4.69) is 0 Å². The van der Waals surface area contributed by atoms with Crippen molar-refractivity contribution < 1.29 is 34.9 Å². The third-order valence-corrected chi connectivity index (χ3v) is 3.75. The molecule has 3 unspecified atom stereocenters. The highest BCUT2D eigenvalue weighted by molar-refractivity contribution is 7.85. The van der Waals surface area contributed by atoms with E-state index in [1.165, 1.54) is 13.0 Å². The Hall–Kier alpha value is -1.22. The lowest BCUT2D eigenvalue weighted by atomic mass is 10.0. The van der Waals surface area contributed by atoms with Gasteiger partial charge >= 0.3 is 0 Å². The molecule has 0 aromatic heterocycles. The van der Waals surface area contributed by atoms with Gasteiger partial charge in [-0.3, -0.25) is 4.55 Å². The van der Waals surface area contributed by atoms with Gasteiger partial charge in [0.25, 0.3) is 16.5 Å². The Bertz CT molecular complexity index is 591. The van der Waals surface area contributed by atoms with Gasteiger partial charge in [0.15, 0.2) is 12.3 Å². The maximum absolute atomic E-state index is 13.6. The van der Waals surface area contributed by atoms with Gasteiger partial charge in [-0.05, 0) is 18.6 Å². The molecule has 0 spiro atoms. The first-order chi connectivity index (χ1) is 9.54. The standard InChI is InChI=1S/C12H13F5O3S/c1-6-2-3-9(21(18,19)20)7(4-6)5-8(13)10(14)11(15)12(16)17/h2-4,8,10-12H,5H2,1H3,(H,18,19,20). The highest BCUT2D eigenvalue weighted by atomic mass is 32.2. The molecule has 0 bridgehead atoms. The number of hydrogen-bond donors (Lipinski definition) is 1. The molecule has 1 rings (SSSR count). The van der Waals surface area contributed by atoms with Crippen molar-refractivity contribution in [1.82, 2.24) is 0 Å². The van der Waals surface area contributed by atoms with E-state index in [9.17, 15) is 30.4 Å². The van der Waals surface area contributed by atoms with Gasteiger partial charge in [-0.15, -0.1) is 0 Å². The molecule has 120 valence electrons. The van der Waals surface area contributed by atoms with Crippen LogP contribution in [0.4, 0.5) is 22.0 Å². The van der Waals surface area contributed by atoms with Crippen molar-refractivity contribution in [3.05, 3.63) is 29.3 Å². The molecule has 0 fully saturated rings. The number of benzene rings is 1. The molecule has 0 aliphatic carbocycles. The summed E-state index contributed by atoms with van der Waals surface area (Å²) < 4.78 is 94.7. The number of alkyl halides is 5. The summed E-state index contributed by atoms with van der Waals surface area (Å²) in [5, 5.41) is 0. The van der Waals surface area contributed by atoms with Gasteiger partial charge in [0.2, 0.25) is 0 Å². The van der Waals surface area contributed by atoms with Gasteiger partial charge in [0, 0.05) is 6.42 Å². The van der Waals surface area contributed by atoms with Crippen LogP contribution in [0.25, 0.3) is 0 Å². The number of hydrogen-bond acceptors (Lipinski definition) is 2. The summed E-state index contributed by atoms with van der Waals surface area (Å²) in [6.07, 6.45) is -13.7. The molecule has 21 heavy (non-hydrogen) atoms. The van der Waals surface area contributed by atoms with Crippen LogP contribution in [0.15, 0.2) is 23.1 Å². The van der Waals surface area contributed by atoms with Crippen LogP contribution >= 0.6 is 0 Å². The summed E-state index contributed by atoms with van der Waals surface area (Å²) in [5.74, 6) is 0. The molecule has 1 aromatic carbocycles. The number of rotatable bonds is 6. The van der Waals surface area contributed by atoms with Crippen molar-refractivity contribution in [2.45, 2.75) is 43.2 Å². The predicted molar refractivity (Wildman–Crippen MR) is 65.4 cm³/mol. The van der Waals surface area contributed by atoms with Gasteiger partial charge in [0.05, 0.1) is 4.90 Å². The van der Waals surface area contributed by atoms with Crippen molar-refractivity contribution >= 4 is 10.1 Å². The minimum Gasteiger partial charge on any atom is -0.282 e. The summed E-state index contributed by atoms with van der Waals surface area (Å²) in [6, 6.07) is 3.43. The number of halogens is 5. The smallest absolute Gasteiger partial charge is 0.282 e. The molecule has 1 N–H and O–H groups in total. The molecule has 0 radical (unpaired) electrons. The van der Waals surface area contributed by atoms with Gasteiger partial charge < -0.3 is 0 Å². The summed E-state index contributed by atoms with van der Waals surface area (Å²) in [6.45, 7) is 1.52. The van der Waals surface area contributed by atoms with Crippen LogP contribution in [-0.4, -0.2) is 37.9 Å². The third-order valence-electron chi connectivity index (χ3n) is 2.80. The monoisotopic (exact) mass is 332 g/mol. The van der Waals surface area contributed by atoms with Gasteiger partial charge in [-0.2, -0.15) is 8.42 Å². The van der Waals surface area contributed by atoms with E-state index in [-0.39, 0.29) is 5.56 Å². The SMILES string of the molecule is Cc1ccc(S(=O)(=O)O)c(CC(F)C(F)C(F)C(F)F)c1. The normalized spacial score (nSPS) is 16.8. The number of aryl methyl sites for hydroxylation is 1. The minimum atomic E-state index is -4.69. The quantitative estimate of drug-likeness (QED) is 0.643. The van der Waals surface area contributed by atoms with E-state index in [1.807, 2.05) is 0 Å². The van der Waals surface area contributed by atoms with Crippen LogP contribution in [0.5, 0.6) is 0 Å². The molecule has 0 saturated carbocycles. The zero-order valence-corrected chi connectivity index (χ0v) is 11.6. The highest BCUT2D eigenvalue weighted by Crippen LogP contribution is 2.25. The summed E-state index contributed by atoms with van der Waals surface area (Å²) in [5.41, 5.74) is 0.166. The second-order valence-electron chi connectivity index (χ2n) is 4.53. The Balaban J connectivity index is 3.05. The molecule has 0 aliphatic rings. The summed E-state index contributed by atoms with van der Waals surface area (Å²) in [7, 11) is -4.69. The highest BCUT2D eigenvalue weighted by Gasteiger charge is 2.37. The Morgan fingerprint density at radius 2 is 1.67 bits per heavy atom. The lowest BCUT2D eigenvalue weighted by Gasteiger charge is -2.18. The molecule has 3 atom stereocenters. The van der Waals surface area contributed by atoms with Crippen LogP contribution in [0.2, 0.25) is 0 Å². The topological polar surface area (TPSA) is 54.4 Å². The molecule has 0 saturated heterocycles. The molecule has 0 heterocycles. The Morgan fingerprint density at radius 1 is 1.10 bits per heavy atom. The fraction of sp³-hybridized carbons (Fsp3) is 0.500. The maximum Gasteiger partial charge on any atom is 0.294 e. The minimum absolute atomic E-state index is 0.311. The van der Waals surface area contributed by atoms with Gasteiger partial charge in [-0.25, -0.2) is 22.0 Å². The predicted octanol–water partition coefficient (Wildman–Crippen LogP) is 3.06. The first-order valence-electron chi connectivity index (χ1n) is 5.81. The molecule has 0 aliphatic heterocycles. The van der Waals surface area contributed by atoms with Crippen molar-refractivity contribution in [1.29, 1.82) is 0 Å². The fourth-order valence-electron chi connectivity index (χ4n) is 1.78. The lowest BCUT2D eigenvalue weighted by molar-refractivity contribution is -0.0229. The van der Waals surface area contributed by atoms with E-state index in [1.54, 1.807) is 0 Å². The van der Waals surface area contributed by atoms with Crippen LogP contribution in [-0.2, 0) is 16.5 Å². The van der Waals surface area contributed by atoms with Crippen molar-refractivity contribution in [3.63, 3.8) is 0 Å². The average Bonchev–Trinajstić information content (AvgIpc) is 2.35. The molecule has 1 aromatic rings. The van der Waals surface area contributed by atoms with E-state index in [0.29, 0.717) is 5.56 Å². The van der Waals surface area contributed by atoms with Crippen molar-refractivity contribution in [3.8, 4) is 0 Å². The Morgan fingerprint density at radius 3 is 2.14 bits per heavy atom. The lowest BCUT2D eigenvalue weighted by Crippen LogP contribution is -2.34. The van der Waals surface area contributed by atoms with Crippen molar-refractivity contribution in [2.24, 2.45) is 0 Å². The summed E-state index contributed by atoms with van der Waals surface area (Å²) >= 11 is 0.